The minimum atomic E-state index is 0.360. The first-order chi connectivity index (χ1) is 9.01. The van der Waals surface area contributed by atoms with Crippen LogP contribution >= 0.6 is 39.1 Å². The van der Waals surface area contributed by atoms with Crippen molar-refractivity contribution in [2.45, 2.75) is 0 Å². The van der Waals surface area contributed by atoms with Gasteiger partial charge in [0, 0.05) is 16.6 Å². The van der Waals surface area contributed by atoms with Crippen LogP contribution in [0.4, 0.5) is 5.69 Å². The van der Waals surface area contributed by atoms with Gasteiger partial charge in [-0.25, -0.2) is 0 Å². The molecule has 0 amide bonds. The van der Waals surface area contributed by atoms with Crippen molar-refractivity contribution in [1.82, 2.24) is 0 Å². The Balaban J connectivity index is 2.42. The first-order valence-corrected chi connectivity index (χ1v) is 6.68. The molecule has 6 heteroatoms. The highest BCUT2D eigenvalue weighted by molar-refractivity contribution is 9.10. The number of nitrogens with two attached hydrogens (primary N) is 1. The van der Waals surface area contributed by atoms with E-state index < -0.39 is 0 Å². The highest BCUT2D eigenvalue weighted by atomic mass is 79.9. The zero-order valence-electron chi connectivity index (χ0n) is 9.45. The van der Waals surface area contributed by atoms with E-state index in [1.54, 1.807) is 30.3 Å². The molecule has 19 heavy (non-hydrogen) atoms. The number of rotatable bonds is 2. The first kappa shape index (κ1) is 14.0. The summed E-state index contributed by atoms with van der Waals surface area (Å²) in [7, 11) is 0. The molecule has 0 fully saturated rings. The summed E-state index contributed by atoms with van der Waals surface area (Å²) in [5.74, 6) is 0.732. The number of anilines is 1. The van der Waals surface area contributed by atoms with Crippen molar-refractivity contribution in [2.75, 3.05) is 5.73 Å². The molecule has 0 bridgehead atoms. The summed E-state index contributed by atoms with van der Waals surface area (Å²) in [6, 6.07) is 9.97. The van der Waals surface area contributed by atoms with Gasteiger partial charge in [0.05, 0.1) is 27.4 Å². The van der Waals surface area contributed by atoms with E-state index in [4.69, 9.17) is 38.9 Å². The molecule has 0 saturated heterocycles. The van der Waals surface area contributed by atoms with Gasteiger partial charge in [-0.15, -0.1) is 0 Å². The molecule has 96 valence electrons. The van der Waals surface area contributed by atoms with Gasteiger partial charge in [-0.1, -0.05) is 23.2 Å². The van der Waals surface area contributed by atoms with E-state index in [9.17, 15) is 0 Å². The lowest BCUT2D eigenvalue weighted by Gasteiger charge is -2.11. The maximum Gasteiger partial charge on any atom is 0.151 e. The third-order valence-electron chi connectivity index (χ3n) is 2.34. The van der Waals surface area contributed by atoms with Crippen molar-refractivity contribution in [1.29, 1.82) is 5.26 Å². The summed E-state index contributed by atoms with van der Waals surface area (Å²) in [5, 5.41) is 9.71. The van der Waals surface area contributed by atoms with Crippen molar-refractivity contribution in [2.24, 2.45) is 0 Å². The highest BCUT2D eigenvalue weighted by Gasteiger charge is 2.10. The van der Waals surface area contributed by atoms with Crippen LogP contribution in [0.2, 0.25) is 10.0 Å². The smallest absolute Gasteiger partial charge is 0.151 e. The molecule has 0 aliphatic heterocycles. The lowest BCUT2D eigenvalue weighted by molar-refractivity contribution is 0.485. The molecule has 0 aliphatic carbocycles. The van der Waals surface area contributed by atoms with E-state index >= 15 is 0 Å². The van der Waals surface area contributed by atoms with Crippen molar-refractivity contribution in [3.8, 4) is 17.6 Å². The fraction of sp³-hybridized carbons (Fsp3) is 0. The van der Waals surface area contributed by atoms with Gasteiger partial charge in [0.1, 0.15) is 5.75 Å². The molecule has 0 spiro atoms. The third kappa shape index (κ3) is 3.13. The van der Waals surface area contributed by atoms with Gasteiger partial charge >= 0.3 is 0 Å². The number of benzene rings is 2. The zero-order valence-corrected chi connectivity index (χ0v) is 12.6. The predicted octanol–water partition coefficient (Wildman–Crippen LogP) is 5.00. The maximum atomic E-state index is 8.85. The lowest BCUT2D eigenvalue weighted by atomic mass is 10.2. The molecular weight excluding hydrogens is 351 g/mol. The van der Waals surface area contributed by atoms with Gasteiger partial charge in [0.2, 0.25) is 0 Å². The Morgan fingerprint density at radius 2 is 1.84 bits per heavy atom. The van der Waals surface area contributed by atoms with E-state index in [1.165, 1.54) is 0 Å². The molecule has 0 aromatic heterocycles. The second-order valence-corrected chi connectivity index (χ2v) is 5.33. The van der Waals surface area contributed by atoms with Gasteiger partial charge in [0.25, 0.3) is 0 Å². The SMILES string of the molecule is N#Cc1ccc(N)c(Oc2cc(Cl)c(Br)cc2Cl)c1. The number of nitriles is 1. The van der Waals surface area contributed by atoms with Crippen LogP contribution in [0.5, 0.6) is 11.5 Å². The molecule has 0 aliphatic rings. The van der Waals surface area contributed by atoms with Crippen LogP contribution in [-0.2, 0) is 0 Å². The highest BCUT2D eigenvalue weighted by Crippen LogP contribution is 2.38. The van der Waals surface area contributed by atoms with Crippen LogP contribution < -0.4 is 10.5 Å². The van der Waals surface area contributed by atoms with Crippen LogP contribution in [0.1, 0.15) is 5.56 Å². The Morgan fingerprint density at radius 1 is 1.11 bits per heavy atom. The van der Waals surface area contributed by atoms with Crippen LogP contribution in [0, 0.1) is 11.3 Å². The van der Waals surface area contributed by atoms with E-state index in [0.29, 0.717) is 37.3 Å². The number of hydrogen-bond donors (Lipinski definition) is 1. The van der Waals surface area contributed by atoms with Gasteiger partial charge in [0.15, 0.2) is 5.75 Å². The normalized spacial score (nSPS) is 10.0. The van der Waals surface area contributed by atoms with Crippen molar-refractivity contribution in [3.63, 3.8) is 0 Å². The predicted molar refractivity (Wildman–Crippen MR) is 79.8 cm³/mol. The minimum Gasteiger partial charge on any atom is -0.454 e. The topological polar surface area (TPSA) is 59.0 Å². The van der Waals surface area contributed by atoms with Gasteiger partial charge in [-0.2, -0.15) is 5.26 Å². The maximum absolute atomic E-state index is 8.85. The Morgan fingerprint density at radius 3 is 2.53 bits per heavy atom. The monoisotopic (exact) mass is 356 g/mol. The summed E-state index contributed by atoms with van der Waals surface area (Å²) in [4.78, 5) is 0. The van der Waals surface area contributed by atoms with E-state index in [0.717, 1.165) is 0 Å². The third-order valence-corrected chi connectivity index (χ3v) is 3.83. The summed E-state index contributed by atoms with van der Waals surface area (Å²) < 4.78 is 6.28. The largest absolute Gasteiger partial charge is 0.454 e. The molecule has 0 unspecified atom stereocenters. The van der Waals surface area contributed by atoms with Crippen LogP contribution in [0.3, 0.4) is 0 Å². The van der Waals surface area contributed by atoms with Crippen molar-refractivity contribution in [3.05, 3.63) is 50.4 Å². The number of hydrogen-bond acceptors (Lipinski definition) is 3. The Labute approximate surface area is 128 Å². The van der Waals surface area contributed by atoms with Crippen molar-refractivity contribution < 1.29 is 4.74 Å². The van der Waals surface area contributed by atoms with Gasteiger partial charge in [-0.05, 0) is 34.1 Å². The number of nitrogens with zero attached hydrogens (tertiary/aromatic N) is 1. The number of ether oxygens (including phenoxy) is 1. The molecule has 0 heterocycles. The first-order valence-electron chi connectivity index (χ1n) is 5.13. The average Bonchev–Trinajstić information content (AvgIpc) is 2.38. The average molecular weight is 358 g/mol. The zero-order chi connectivity index (χ0) is 14.0. The fourth-order valence-electron chi connectivity index (χ4n) is 1.39. The number of halogens is 3. The lowest BCUT2D eigenvalue weighted by Crippen LogP contribution is -1.93. The van der Waals surface area contributed by atoms with Crippen molar-refractivity contribution >= 4 is 44.8 Å². The molecular formula is C13H7BrCl2N2O. The van der Waals surface area contributed by atoms with E-state index in [1.807, 2.05) is 6.07 Å². The molecule has 3 nitrogen and oxygen atoms in total. The molecule has 0 radical (unpaired) electrons. The molecule has 2 rings (SSSR count). The molecule has 2 aromatic rings. The summed E-state index contributed by atoms with van der Waals surface area (Å²) >= 11 is 15.3. The molecule has 2 N–H and O–H groups in total. The summed E-state index contributed by atoms with van der Waals surface area (Å²) in [6.45, 7) is 0. The second-order valence-electron chi connectivity index (χ2n) is 3.66. The minimum absolute atomic E-state index is 0.360. The van der Waals surface area contributed by atoms with E-state index in [2.05, 4.69) is 15.9 Å². The standard InChI is InChI=1S/C13H7BrCl2N2O/c14-8-4-10(16)12(5-9(8)15)19-13-3-7(6-17)1-2-11(13)18/h1-5H,18H2. The quantitative estimate of drug-likeness (QED) is 0.607. The van der Waals surface area contributed by atoms with Crippen LogP contribution in [0.25, 0.3) is 0 Å². The van der Waals surface area contributed by atoms with Crippen LogP contribution in [-0.4, -0.2) is 0 Å². The molecule has 0 atom stereocenters. The number of nitrogen functional groups attached to an aromatic ring is 1. The second kappa shape index (κ2) is 5.70. The van der Waals surface area contributed by atoms with Gasteiger partial charge < -0.3 is 10.5 Å². The van der Waals surface area contributed by atoms with Crippen LogP contribution in [0.15, 0.2) is 34.8 Å². The fourth-order valence-corrected chi connectivity index (χ4v) is 2.22. The van der Waals surface area contributed by atoms with Gasteiger partial charge in [-0.3, -0.25) is 0 Å². The Hall–Kier alpha value is -1.41. The van der Waals surface area contributed by atoms with E-state index in [-0.39, 0.29) is 0 Å². The summed E-state index contributed by atoms with van der Waals surface area (Å²) in [5.41, 5.74) is 6.65. The Kier molecular flexibility index (Phi) is 4.20. The Bertz CT molecular complexity index is 683. The summed E-state index contributed by atoms with van der Waals surface area (Å²) in [6.07, 6.45) is 0. The molecule has 0 saturated carbocycles. The molecule has 2 aromatic carbocycles.